The highest BCUT2D eigenvalue weighted by atomic mass is 35.5. The fraction of sp³-hybridized carbons (Fsp3) is 0.562. The van der Waals surface area contributed by atoms with Crippen LogP contribution in [0.5, 0.6) is 0 Å². The van der Waals surface area contributed by atoms with Gasteiger partial charge in [0.2, 0.25) is 5.91 Å². The van der Waals surface area contributed by atoms with E-state index in [2.05, 4.69) is 36.9 Å². The van der Waals surface area contributed by atoms with Crippen LogP contribution in [0.25, 0.3) is 0 Å². The van der Waals surface area contributed by atoms with Crippen LogP contribution in [0.2, 0.25) is 0 Å². The van der Waals surface area contributed by atoms with Gasteiger partial charge in [0.15, 0.2) is 0 Å². The zero-order valence-electron chi connectivity index (χ0n) is 13.4. The lowest BCUT2D eigenvalue weighted by Crippen LogP contribution is -2.45. The molecule has 0 bridgehead atoms. The first-order valence-electron chi connectivity index (χ1n) is 7.47. The number of benzene rings is 1. The van der Waals surface area contributed by atoms with E-state index >= 15 is 0 Å². The van der Waals surface area contributed by atoms with E-state index in [4.69, 9.17) is 5.73 Å². The van der Waals surface area contributed by atoms with Crippen molar-refractivity contribution in [2.45, 2.75) is 45.3 Å². The minimum atomic E-state index is -0.197. The number of amides is 1. The smallest absolute Gasteiger partial charge is 0.238 e. The molecule has 5 N–H and O–H groups in total. The SMILES string of the molecule is CC(C)(C)C1CC(C(=O)NCC(N)c2ccccc2)NN1.Cl. The average molecular weight is 327 g/mol. The quantitative estimate of drug-likeness (QED) is 0.676. The van der Waals surface area contributed by atoms with Gasteiger partial charge < -0.3 is 11.1 Å². The third-order valence-electron chi connectivity index (χ3n) is 3.99. The summed E-state index contributed by atoms with van der Waals surface area (Å²) in [5.74, 6) is 0.000584. The van der Waals surface area contributed by atoms with Gasteiger partial charge in [0.05, 0.1) is 0 Å². The zero-order valence-corrected chi connectivity index (χ0v) is 14.2. The van der Waals surface area contributed by atoms with Gasteiger partial charge in [0, 0.05) is 18.6 Å². The molecule has 0 spiro atoms. The number of nitrogens with one attached hydrogen (secondary N) is 3. The summed E-state index contributed by atoms with van der Waals surface area (Å²) < 4.78 is 0. The van der Waals surface area contributed by atoms with E-state index in [-0.39, 0.29) is 41.9 Å². The molecule has 0 radical (unpaired) electrons. The van der Waals surface area contributed by atoms with Crippen molar-refractivity contribution in [1.29, 1.82) is 0 Å². The fourth-order valence-electron chi connectivity index (χ4n) is 2.45. The molecule has 6 heteroatoms. The van der Waals surface area contributed by atoms with Crippen molar-refractivity contribution in [3.63, 3.8) is 0 Å². The van der Waals surface area contributed by atoms with E-state index in [0.29, 0.717) is 6.54 Å². The molecule has 1 aliphatic heterocycles. The second kappa shape index (κ2) is 7.92. The molecule has 1 amide bonds. The lowest BCUT2D eigenvalue weighted by molar-refractivity contribution is -0.122. The normalized spacial score (nSPS) is 22.7. The number of hydrogen-bond donors (Lipinski definition) is 4. The molecule has 5 nitrogen and oxygen atoms in total. The van der Waals surface area contributed by atoms with Gasteiger partial charge in [-0.15, -0.1) is 12.4 Å². The molecule has 1 aliphatic rings. The Bertz CT molecular complexity index is 475. The lowest BCUT2D eigenvalue weighted by atomic mass is 9.84. The number of halogens is 1. The number of carbonyl (C=O) groups is 1. The van der Waals surface area contributed by atoms with E-state index in [0.717, 1.165) is 12.0 Å². The van der Waals surface area contributed by atoms with Gasteiger partial charge in [-0.25, -0.2) is 5.43 Å². The Morgan fingerprint density at radius 3 is 2.50 bits per heavy atom. The predicted molar refractivity (Wildman–Crippen MR) is 91.5 cm³/mol. The Hall–Kier alpha value is -1.14. The van der Waals surface area contributed by atoms with E-state index in [1.54, 1.807) is 0 Å². The summed E-state index contributed by atoms with van der Waals surface area (Å²) in [4.78, 5) is 12.2. The van der Waals surface area contributed by atoms with Crippen molar-refractivity contribution in [3.05, 3.63) is 35.9 Å². The number of hydrazine groups is 1. The van der Waals surface area contributed by atoms with Gasteiger partial charge in [-0.05, 0) is 17.4 Å². The molecule has 1 saturated heterocycles. The molecule has 3 atom stereocenters. The van der Waals surface area contributed by atoms with Gasteiger partial charge in [-0.2, -0.15) is 0 Å². The second-order valence-electron chi connectivity index (χ2n) is 6.76. The van der Waals surface area contributed by atoms with Crippen molar-refractivity contribution < 1.29 is 4.79 Å². The van der Waals surface area contributed by atoms with Crippen LogP contribution in [-0.4, -0.2) is 24.5 Å². The zero-order chi connectivity index (χ0) is 15.5. The third kappa shape index (κ3) is 4.95. The number of hydrogen-bond acceptors (Lipinski definition) is 4. The molecule has 124 valence electrons. The molecular formula is C16H27ClN4O. The molecule has 2 rings (SSSR count). The number of rotatable bonds is 4. The van der Waals surface area contributed by atoms with Crippen LogP contribution in [0.4, 0.5) is 0 Å². The van der Waals surface area contributed by atoms with Crippen LogP contribution in [0, 0.1) is 5.41 Å². The minimum absolute atomic E-state index is 0. The summed E-state index contributed by atoms with van der Waals surface area (Å²) in [7, 11) is 0. The van der Waals surface area contributed by atoms with Crippen LogP contribution in [0.1, 0.15) is 38.8 Å². The van der Waals surface area contributed by atoms with Gasteiger partial charge >= 0.3 is 0 Å². The van der Waals surface area contributed by atoms with Gasteiger partial charge in [-0.1, -0.05) is 51.1 Å². The maximum atomic E-state index is 12.2. The maximum Gasteiger partial charge on any atom is 0.238 e. The maximum absolute atomic E-state index is 12.2. The van der Waals surface area contributed by atoms with Crippen molar-refractivity contribution >= 4 is 18.3 Å². The first-order valence-corrected chi connectivity index (χ1v) is 7.47. The topological polar surface area (TPSA) is 79.2 Å². The van der Waals surface area contributed by atoms with Gasteiger partial charge in [-0.3, -0.25) is 10.2 Å². The molecular weight excluding hydrogens is 300 g/mol. The summed E-state index contributed by atoms with van der Waals surface area (Å²) in [6.45, 7) is 6.94. The Kier molecular flexibility index (Phi) is 6.81. The van der Waals surface area contributed by atoms with Crippen LogP contribution in [0.3, 0.4) is 0 Å². The van der Waals surface area contributed by atoms with Crippen LogP contribution < -0.4 is 21.9 Å². The summed E-state index contributed by atoms with van der Waals surface area (Å²) >= 11 is 0. The van der Waals surface area contributed by atoms with E-state index in [1.165, 1.54) is 0 Å². The highest BCUT2D eigenvalue weighted by Crippen LogP contribution is 2.25. The van der Waals surface area contributed by atoms with Gasteiger partial charge in [0.25, 0.3) is 0 Å². The number of carbonyl (C=O) groups excluding carboxylic acids is 1. The predicted octanol–water partition coefficient (Wildman–Crippen LogP) is 1.51. The molecule has 1 aromatic rings. The highest BCUT2D eigenvalue weighted by Gasteiger charge is 2.35. The Morgan fingerprint density at radius 2 is 1.95 bits per heavy atom. The van der Waals surface area contributed by atoms with Crippen LogP contribution in [-0.2, 0) is 4.79 Å². The Morgan fingerprint density at radius 1 is 1.32 bits per heavy atom. The average Bonchev–Trinajstić information content (AvgIpc) is 2.95. The molecule has 1 aromatic carbocycles. The van der Waals surface area contributed by atoms with Crippen molar-refractivity contribution in [2.24, 2.45) is 11.1 Å². The van der Waals surface area contributed by atoms with Crippen molar-refractivity contribution in [2.75, 3.05) is 6.54 Å². The summed E-state index contributed by atoms with van der Waals surface area (Å²) in [6, 6.07) is 9.72. The largest absolute Gasteiger partial charge is 0.353 e. The van der Waals surface area contributed by atoms with Crippen molar-refractivity contribution in [1.82, 2.24) is 16.2 Å². The monoisotopic (exact) mass is 326 g/mol. The number of nitrogens with two attached hydrogens (primary N) is 1. The second-order valence-corrected chi connectivity index (χ2v) is 6.76. The van der Waals surface area contributed by atoms with Crippen LogP contribution >= 0.6 is 12.4 Å². The van der Waals surface area contributed by atoms with Crippen LogP contribution in [0.15, 0.2) is 30.3 Å². The summed E-state index contributed by atoms with van der Waals surface area (Å²) in [5, 5.41) is 2.93. The third-order valence-corrected chi connectivity index (χ3v) is 3.99. The molecule has 0 saturated carbocycles. The first-order chi connectivity index (χ1) is 9.88. The lowest BCUT2D eigenvalue weighted by Gasteiger charge is -2.25. The van der Waals surface area contributed by atoms with E-state index in [9.17, 15) is 4.79 Å². The summed E-state index contributed by atoms with van der Waals surface area (Å²) in [5.41, 5.74) is 13.5. The van der Waals surface area contributed by atoms with Crippen molar-refractivity contribution in [3.8, 4) is 0 Å². The van der Waals surface area contributed by atoms with E-state index in [1.807, 2.05) is 30.3 Å². The fourth-order valence-corrected chi connectivity index (χ4v) is 2.45. The standard InChI is InChI=1S/C16H26N4O.ClH/c1-16(2,3)14-9-13(19-20-14)15(21)18-10-12(17)11-7-5-4-6-8-11;/h4-8,12-14,19-20H,9-10,17H2,1-3H3,(H,18,21);1H. The molecule has 1 heterocycles. The Labute approximate surface area is 138 Å². The first kappa shape index (κ1) is 18.9. The highest BCUT2D eigenvalue weighted by molar-refractivity contribution is 5.85. The summed E-state index contributed by atoms with van der Waals surface area (Å²) in [6.07, 6.45) is 0.788. The van der Waals surface area contributed by atoms with E-state index < -0.39 is 0 Å². The molecule has 3 unspecified atom stereocenters. The minimum Gasteiger partial charge on any atom is -0.353 e. The Balaban J connectivity index is 0.00000242. The molecule has 22 heavy (non-hydrogen) atoms. The van der Waals surface area contributed by atoms with Gasteiger partial charge in [0.1, 0.15) is 6.04 Å². The molecule has 1 fully saturated rings. The molecule has 0 aliphatic carbocycles. The molecule has 0 aromatic heterocycles.